The molecular formula is C15H16N2O3. The van der Waals surface area contributed by atoms with Crippen LogP contribution in [-0.2, 0) is 9.53 Å². The van der Waals surface area contributed by atoms with Crippen molar-refractivity contribution in [1.29, 1.82) is 5.26 Å². The minimum Gasteiger partial charge on any atom is -0.469 e. The first-order chi connectivity index (χ1) is 9.65. The number of ether oxygens (including phenoxy) is 1. The van der Waals surface area contributed by atoms with Crippen molar-refractivity contribution in [2.24, 2.45) is 5.92 Å². The van der Waals surface area contributed by atoms with E-state index in [2.05, 4.69) is 0 Å². The largest absolute Gasteiger partial charge is 0.469 e. The van der Waals surface area contributed by atoms with E-state index < -0.39 is 0 Å². The number of likely N-dealkylation sites (tertiary alicyclic amines) is 1. The minimum atomic E-state index is -0.270. The third-order valence-corrected chi connectivity index (χ3v) is 3.48. The number of hydrogen-bond acceptors (Lipinski definition) is 4. The second kappa shape index (κ2) is 6.20. The predicted octanol–water partition coefficient (Wildman–Crippen LogP) is 1.58. The van der Waals surface area contributed by atoms with Gasteiger partial charge in [-0.1, -0.05) is 6.07 Å². The van der Waals surface area contributed by atoms with E-state index >= 15 is 0 Å². The van der Waals surface area contributed by atoms with E-state index in [1.807, 2.05) is 6.07 Å². The molecule has 0 aliphatic carbocycles. The molecule has 20 heavy (non-hydrogen) atoms. The van der Waals surface area contributed by atoms with Crippen LogP contribution in [0.1, 0.15) is 28.8 Å². The van der Waals surface area contributed by atoms with Crippen LogP contribution in [0.3, 0.4) is 0 Å². The van der Waals surface area contributed by atoms with Crippen LogP contribution in [0.15, 0.2) is 24.3 Å². The molecule has 1 heterocycles. The van der Waals surface area contributed by atoms with Crippen molar-refractivity contribution >= 4 is 11.9 Å². The lowest BCUT2D eigenvalue weighted by molar-refractivity contribution is -0.146. The van der Waals surface area contributed by atoms with Gasteiger partial charge in [-0.3, -0.25) is 9.59 Å². The Morgan fingerprint density at radius 3 is 2.95 bits per heavy atom. The fraction of sp³-hybridized carbons (Fsp3) is 0.400. The number of carbonyl (C=O) groups excluding carboxylic acids is 2. The molecule has 0 bridgehead atoms. The summed E-state index contributed by atoms with van der Waals surface area (Å²) in [6.45, 7) is 1.01. The summed E-state index contributed by atoms with van der Waals surface area (Å²) in [5.41, 5.74) is 0.937. The first-order valence-corrected chi connectivity index (χ1v) is 6.53. The van der Waals surface area contributed by atoms with Gasteiger partial charge < -0.3 is 9.64 Å². The van der Waals surface area contributed by atoms with E-state index in [4.69, 9.17) is 10.00 Å². The van der Waals surface area contributed by atoms with Crippen LogP contribution in [0.5, 0.6) is 0 Å². The zero-order valence-corrected chi connectivity index (χ0v) is 11.3. The molecule has 1 aliphatic rings. The van der Waals surface area contributed by atoms with E-state index in [0.717, 1.165) is 12.8 Å². The van der Waals surface area contributed by atoms with Crippen molar-refractivity contribution in [1.82, 2.24) is 4.90 Å². The molecule has 0 aromatic heterocycles. The highest BCUT2D eigenvalue weighted by atomic mass is 16.5. The summed E-state index contributed by atoms with van der Waals surface area (Å²) in [4.78, 5) is 25.6. The normalized spacial score (nSPS) is 18.2. The molecule has 0 spiro atoms. The predicted molar refractivity (Wildman–Crippen MR) is 71.8 cm³/mol. The number of esters is 1. The number of nitrogens with zero attached hydrogens (tertiary/aromatic N) is 2. The van der Waals surface area contributed by atoms with Gasteiger partial charge in [0.2, 0.25) is 0 Å². The molecule has 1 aromatic carbocycles. The summed E-state index contributed by atoms with van der Waals surface area (Å²) < 4.78 is 4.74. The van der Waals surface area contributed by atoms with Crippen molar-refractivity contribution in [2.45, 2.75) is 12.8 Å². The van der Waals surface area contributed by atoms with Gasteiger partial charge in [0.05, 0.1) is 24.7 Å². The molecule has 0 radical (unpaired) electrons. The molecule has 1 atom stereocenters. The molecule has 2 rings (SSSR count). The van der Waals surface area contributed by atoms with Crippen molar-refractivity contribution < 1.29 is 14.3 Å². The van der Waals surface area contributed by atoms with Crippen LogP contribution < -0.4 is 0 Å². The topological polar surface area (TPSA) is 70.4 Å². The maximum absolute atomic E-state index is 12.4. The molecule has 5 heteroatoms. The molecule has 0 saturated carbocycles. The first kappa shape index (κ1) is 14.1. The van der Waals surface area contributed by atoms with E-state index in [-0.39, 0.29) is 17.8 Å². The number of hydrogen-bond donors (Lipinski definition) is 0. The Bertz CT molecular complexity index is 562. The third kappa shape index (κ3) is 2.97. The molecular weight excluding hydrogens is 256 g/mol. The van der Waals surface area contributed by atoms with Crippen molar-refractivity contribution in [3.8, 4) is 6.07 Å². The fourth-order valence-electron chi connectivity index (χ4n) is 2.43. The summed E-state index contributed by atoms with van der Waals surface area (Å²) in [7, 11) is 1.36. The van der Waals surface area contributed by atoms with Crippen LogP contribution >= 0.6 is 0 Å². The number of carbonyl (C=O) groups is 2. The molecule has 0 N–H and O–H groups in total. The molecule has 5 nitrogen and oxygen atoms in total. The average Bonchev–Trinajstić information content (AvgIpc) is 2.53. The van der Waals surface area contributed by atoms with Gasteiger partial charge in [-0.05, 0) is 31.0 Å². The molecule has 0 unspecified atom stereocenters. The third-order valence-electron chi connectivity index (χ3n) is 3.48. The van der Waals surface area contributed by atoms with Gasteiger partial charge in [-0.2, -0.15) is 5.26 Å². The Morgan fingerprint density at radius 2 is 2.25 bits per heavy atom. The zero-order chi connectivity index (χ0) is 14.5. The lowest BCUT2D eigenvalue weighted by Crippen LogP contribution is -2.42. The molecule has 1 aliphatic heterocycles. The van der Waals surface area contributed by atoms with Crippen LogP contribution in [0.2, 0.25) is 0 Å². The summed E-state index contributed by atoms with van der Waals surface area (Å²) in [6, 6.07) is 8.62. The van der Waals surface area contributed by atoms with E-state index in [0.29, 0.717) is 24.2 Å². The van der Waals surface area contributed by atoms with Crippen LogP contribution in [-0.4, -0.2) is 37.0 Å². The highest BCUT2D eigenvalue weighted by Crippen LogP contribution is 2.20. The van der Waals surface area contributed by atoms with Crippen LogP contribution in [0.25, 0.3) is 0 Å². The Morgan fingerprint density at radius 1 is 1.45 bits per heavy atom. The monoisotopic (exact) mass is 272 g/mol. The Kier molecular flexibility index (Phi) is 4.36. The number of benzene rings is 1. The highest BCUT2D eigenvalue weighted by molar-refractivity contribution is 5.95. The first-order valence-electron chi connectivity index (χ1n) is 6.53. The van der Waals surface area contributed by atoms with Crippen molar-refractivity contribution in [3.05, 3.63) is 35.4 Å². The summed E-state index contributed by atoms with van der Waals surface area (Å²) in [6.07, 6.45) is 1.53. The summed E-state index contributed by atoms with van der Waals surface area (Å²) in [5, 5.41) is 8.86. The van der Waals surface area contributed by atoms with Crippen LogP contribution in [0, 0.1) is 17.2 Å². The lowest BCUT2D eigenvalue weighted by Gasteiger charge is -2.31. The lowest BCUT2D eigenvalue weighted by atomic mass is 9.97. The average molecular weight is 272 g/mol. The number of amides is 1. The van der Waals surface area contributed by atoms with Crippen molar-refractivity contribution in [3.63, 3.8) is 0 Å². The van der Waals surface area contributed by atoms with Crippen molar-refractivity contribution in [2.75, 3.05) is 20.2 Å². The standard InChI is InChI=1S/C15H16N2O3/c1-20-15(19)13-6-3-7-17(10-13)14(18)12-5-2-4-11(8-12)9-16/h2,4-5,8,13H,3,6-7,10H2,1H3/t13-/m0/s1. The van der Waals surface area contributed by atoms with Crippen LogP contribution in [0.4, 0.5) is 0 Å². The van der Waals surface area contributed by atoms with Gasteiger partial charge in [0.15, 0.2) is 0 Å². The summed E-state index contributed by atoms with van der Waals surface area (Å²) >= 11 is 0. The molecule has 1 aromatic rings. The van der Waals surface area contributed by atoms with Gasteiger partial charge in [-0.25, -0.2) is 0 Å². The van der Waals surface area contributed by atoms with Gasteiger partial charge in [0.1, 0.15) is 0 Å². The SMILES string of the molecule is COC(=O)[C@H]1CCCN(C(=O)c2cccc(C#N)c2)C1. The second-order valence-corrected chi connectivity index (χ2v) is 4.81. The van der Waals surface area contributed by atoms with Gasteiger partial charge in [0, 0.05) is 18.7 Å². The second-order valence-electron chi connectivity index (χ2n) is 4.81. The minimum absolute atomic E-state index is 0.143. The quantitative estimate of drug-likeness (QED) is 0.766. The fourth-order valence-corrected chi connectivity index (χ4v) is 2.43. The number of nitriles is 1. The maximum atomic E-state index is 12.4. The smallest absolute Gasteiger partial charge is 0.310 e. The molecule has 1 amide bonds. The Labute approximate surface area is 117 Å². The van der Waals surface area contributed by atoms with Gasteiger partial charge in [-0.15, -0.1) is 0 Å². The van der Waals surface area contributed by atoms with Gasteiger partial charge in [0.25, 0.3) is 5.91 Å². The van der Waals surface area contributed by atoms with E-state index in [9.17, 15) is 9.59 Å². The maximum Gasteiger partial charge on any atom is 0.310 e. The van der Waals surface area contributed by atoms with Gasteiger partial charge >= 0.3 is 5.97 Å². The van der Waals surface area contributed by atoms with E-state index in [1.54, 1.807) is 29.2 Å². The number of piperidine rings is 1. The Balaban J connectivity index is 2.12. The molecule has 1 fully saturated rings. The molecule has 104 valence electrons. The number of methoxy groups -OCH3 is 1. The Hall–Kier alpha value is -2.35. The molecule has 1 saturated heterocycles. The van der Waals surface area contributed by atoms with E-state index in [1.165, 1.54) is 7.11 Å². The highest BCUT2D eigenvalue weighted by Gasteiger charge is 2.29. The zero-order valence-electron chi connectivity index (χ0n) is 11.3. The number of rotatable bonds is 2. The summed E-state index contributed by atoms with van der Waals surface area (Å²) in [5.74, 6) is -0.666.